The molecule has 0 radical (unpaired) electrons. The second kappa shape index (κ2) is 9.12. The molecule has 1 aliphatic carbocycles. The van der Waals surface area contributed by atoms with Crippen molar-refractivity contribution in [1.29, 1.82) is 0 Å². The Labute approximate surface area is 188 Å². The summed E-state index contributed by atoms with van der Waals surface area (Å²) in [5.74, 6) is -0.626. The summed E-state index contributed by atoms with van der Waals surface area (Å²) in [5, 5.41) is 0. The van der Waals surface area contributed by atoms with Crippen LogP contribution in [0.25, 0.3) is 5.57 Å². The summed E-state index contributed by atoms with van der Waals surface area (Å²) in [4.78, 5) is 17.9. The van der Waals surface area contributed by atoms with Crippen molar-refractivity contribution in [2.24, 2.45) is 11.7 Å². The van der Waals surface area contributed by atoms with Gasteiger partial charge in [0, 0.05) is 12.1 Å². The largest absolute Gasteiger partial charge is 0.330 e. The first-order valence-corrected chi connectivity index (χ1v) is 11.3. The molecule has 1 heterocycles. The monoisotopic (exact) mass is 439 g/mol. The van der Waals surface area contributed by atoms with E-state index < -0.39 is 17.2 Å². The van der Waals surface area contributed by atoms with Crippen molar-refractivity contribution in [3.8, 4) is 0 Å². The summed E-state index contributed by atoms with van der Waals surface area (Å²) in [6.45, 7) is 0.712. The number of nitrogens with zero attached hydrogens (tertiary/aromatic N) is 2. The van der Waals surface area contributed by atoms with Gasteiger partial charge in [-0.3, -0.25) is 9.69 Å². The van der Waals surface area contributed by atoms with Gasteiger partial charge in [0.1, 0.15) is 11.6 Å². The molecule has 4 nitrogen and oxygen atoms in total. The molecule has 0 aromatic heterocycles. The highest BCUT2D eigenvalue weighted by Crippen LogP contribution is 2.46. The Morgan fingerprint density at radius 2 is 1.91 bits per heavy atom. The fourth-order valence-corrected chi connectivity index (χ4v) is 5.01. The summed E-state index contributed by atoms with van der Waals surface area (Å²) in [6, 6.07) is 13.1. The summed E-state index contributed by atoms with van der Waals surface area (Å²) >= 11 is 0. The number of carbonyl (C=O) groups is 1. The third-order valence-corrected chi connectivity index (χ3v) is 6.68. The van der Waals surface area contributed by atoms with Crippen LogP contribution in [0, 0.1) is 17.6 Å². The van der Waals surface area contributed by atoms with E-state index in [1.807, 2.05) is 60.3 Å². The fraction of sp³-hybridized carbons (Fsp3) is 0.423. The standard InChI is InChI=1S/C26H31F2N3O/c1-30(2)24(18-9-10-18)25(32)31-17-19(22-15-21(27)11-12-23(22)28)16-26(31,13-6-14-29)20-7-4-3-5-8-20/h3-5,7-8,11-12,15-16,18,24H,6,9-10,13-14,17,29H2,1-2H3/t24-,26-/m0/s1. The molecular formula is C26H31F2N3O. The van der Waals surface area contributed by atoms with Crippen LogP contribution in [0.2, 0.25) is 0 Å². The Bertz CT molecular complexity index is 1000. The van der Waals surface area contributed by atoms with E-state index >= 15 is 0 Å². The number of hydrogen-bond donors (Lipinski definition) is 1. The topological polar surface area (TPSA) is 49.6 Å². The van der Waals surface area contributed by atoms with Crippen molar-refractivity contribution in [1.82, 2.24) is 9.80 Å². The lowest BCUT2D eigenvalue weighted by Gasteiger charge is -2.41. The molecule has 32 heavy (non-hydrogen) atoms. The Kier molecular flexibility index (Phi) is 6.45. The number of rotatable bonds is 8. The molecule has 1 fully saturated rings. The second-order valence-corrected chi connectivity index (χ2v) is 9.15. The zero-order valence-corrected chi connectivity index (χ0v) is 18.7. The number of benzene rings is 2. The molecule has 1 amide bonds. The Hall–Kier alpha value is -2.57. The van der Waals surface area contributed by atoms with E-state index in [0.29, 0.717) is 30.9 Å². The smallest absolute Gasteiger partial charge is 0.241 e. The average Bonchev–Trinajstić information content (AvgIpc) is 3.53. The minimum Gasteiger partial charge on any atom is -0.330 e. The van der Waals surface area contributed by atoms with Gasteiger partial charge in [0.2, 0.25) is 5.91 Å². The van der Waals surface area contributed by atoms with Crippen LogP contribution in [-0.4, -0.2) is 48.9 Å². The van der Waals surface area contributed by atoms with Crippen molar-refractivity contribution in [2.45, 2.75) is 37.3 Å². The van der Waals surface area contributed by atoms with Gasteiger partial charge in [0.25, 0.3) is 0 Å². The number of carbonyl (C=O) groups excluding carboxylic acids is 1. The van der Waals surface area contributed by atoms with E-state index in [9.17, 15) is 13.6 Å². The molecule has 0 bridgehead atoms. The molecular weight excluding hydrogens is 408 g/mol. The van der Waals surface area contributed by atoms with Crippen LogP contribution in [0.1, 0.15) is 36.8 Å². The van der Waals surface area contributed by atoms with Crippen LogP contribution in [0.3, 0.4) is 0 Å². The van der Waals surface area contributed by atoms with Gasteiger partial charge in [-0.25, -0.2) is 8.78 Å². The molecule has 6 heteroatoms. The highest BCUT2D eigenvalue weighted by Gasteiger charge is 2.49. The van der Waals surface area contributed by atoms with Gasteiger partial charge in [-0.2, -0.15) is 0 Å². The highest BCUT2D eigenvalue weighted by molar-refractivity contribution is 5.88. The van der Waals surface area contributed by atoms with Gasteiger partial charge in [-0.15, -0.1) is 0 Å². The lowest BCUT2D eigenvalue weighted by molar-refractivity contribution is -0.141. The zero-order valence-electron chi connectivity index (χ0n) is 18.7. The number of halogens is 2. The molecule has 2 aliphatic rings. The van der Waals surface area contributed by atoms with E-state index in [4.69, 9.17) is 5.73 Å². The van der Waals surface area contributed by atoms with Gasteiger partial charge >= 0.3 is 0 Å². The molecule has 0 spiro atoms. The van der Waals surface area contributed by atoms with Gasteiger partial charge in [-0.1, -0.05) is 30.3 Å². The van der Waals surface area contributed by atoms with Gasteiger partial charge in [0.15, 0.2) is 0 Å². The lowest BCUT2D eigenvalue weighted by atomic mass is 9.83. The molecule has 2 aromatic carbocycles. The van der Waals surface area contributed by atoms with E-state index in [1.165, 1.54) is 6.07 Å². The molecule has 2 atom stereocenters. The van der Waals surface area contributed by atoms with Crippen molar-refractivity contribution in [3.05, 3.63) is 77.4 Å². The molecule has 2 aromatic rings. The van der Waals surface area contributed by atoms with Crippen LogP contribution < -0.4 is 5.73 Å². The highest BCUT2D eigenvalue weighted by atomic mass is 19.1. The first-order chi connectivity index (χ1) is 15.4. The predicted octanol–water partition coefficient (Wildman–Crippen LogP) is 4.17. The molecule has 4 rings (SSSR count). The van der Waals surface area contributed by atoms with E-state index in [-0.39, 0.29) is 24.1 Å². The third-order valence-electron chi connectivity index (χ3n) is 6.68. The minimum absolute atomic E-state index is 0.0291. The fourth-order valence-electron chi connectivity index (χ4n) is 5.01. The number of hydrogen-bond acceptors (Lipinski definition) is 3. The normalized spacial score (nSPS) is 21.7. The number of likely N-dealkylation sites (N-methyl/N-ethyl adjacent to an activating group) is 1. The van der Waals surface area contributed by atoms with Crippen LogP contribution in [-0.2, 0) is 10.3 Å². The Morgan fingerprint density at radius 1 is 1.19 bits per heavy atom. The van der Waals surface area contributed by atoms with E-state index in [0.717, 1.165) is 30.5 Å². The second-order valence-electron chi connectivity index (χ2n) is 9.15. The first kappa shape index (κ1) is 22.6. The number of amides is 1. The molecule has 0 unspecified atom stereocenters. The predicted molar refractivity (Wildman–Crippen MR) is 123 cm³/mol. The van der Waals surface area contributed by atoms with Crippen LogP contribution >= 0.6 is 0 Å². The van der Waals surface area contributed by atoms with Crippen LogP contribution in [0.4, 0.5) is 8.78 Å². The summed E-state index contributed by atoms with van der Waals surface area (Å²) in [6.07, 6.45) is 5.34. The maximum Gasteiger partial charge on any atom is 0.241 e. The quantitative estimate of drug-likeness (QED) is 0.672. The maximum atomic E-state index is 14.7. The van der Waals surface area contributed by atoms with Crippen molar-refractivity contribution >= 4 is 11.5 Å². The maximum absolute atomic E-state index is 14.7. The van der Waals surface area contributed by atoms with Crippen molar-refractivity contribution in [2.75, 3.05) is 27.2 Å². The van der Waals surface area contributed by atoms with E-state index in [1.54, 1.807) is 0 Å². The average molecular weight is 440 g/mol. The summed E-state index contributed by atoms with van der Waals surface area (Å²) in [7, 11) is 3.86. The molecule has 1 saturated carbocycles. The minimum atomic E-state index is -0.755. The first-order valence-electron chi connectivity index (χ1n) is 11.3. The van der Waals surface area contributed by atoms with Gasteiger partial charge < -0.3 is 10.6 Å². The molecule has 0 saturated heterocycles. The van der Waals surface area contributed by atoms with Gasteiger partial charge in [0.05, 0.1) is 11.6 Å². The summed E-state index contributed by atoms with van der Waals surface area (Å²) in [5.41, 5.74) is 6.92. The Morgan fingerprint density at radius 3 is 2.53 bits per heavy atom. The SMILES string of the molecule is CN(C)[C@H](C(=O)N1CC(c2cc(F)ccc2F)=C[C@@]1(CCCN)c1ccccc1)C1CC1. The van der Waals surface area contributed by atoms with Gasteiger partial charge in [-0.05, 0) is 87.7 Å². The molecule has 1 aliphatic heterocycles. The Balaban J connectivity index is 1.85. The number of nitrogens with two attached hydrogens (primary N) is 1. The lowest BCUT2D eigenvalue weighted by Crippen LogP contribution is -2.53. The van der Waals surface area contributed by atoms with Crippen molar-refractivity contribution in [3.63, 3.8) is 0 Å². The summed E-state index contributed by atoms with van der Waals surface area (Å²) < 4.78 is 28.8. The zero-order chi connectivity index (χ0) is 22.9. The molecule has 2 N–H and O–H groups in total. The third kappa shape index (κ3) is 4.21. The van der Waals surface area contributed by atoms with Crippen LogP contribution in [0.15, 0.2) is 54.6 Å². The van der Waals surface area contributed by atoms with Crippen LogP contribution in [0.5, 0.6) is 0 Å². The van der Waals surface area contributed by atoms with Crippen molar-refractivity contribution < 1.29 is 13.6 Å². The van der Waals surface area contributed by atoms with E-state index in [2.05, 4.69) is 0 Å². The molecule has 170 valence electrons.